The maximum absolute atomic E-state index is 13.4. The van der Waals surface area contributed by atoms with E-state index in [1.54, 1.807) is 24.3 Å². The highest BCUT2D eigenvalue weighted by Crippen LogP contribution is 2.40. The van der Waals surface area contributed by atoms with Crippen LogP contribution in [0.15, 0.2) is 53.0 Å². The van der Waals surface area contributed by atoms with Gasteiger partial charge in [0, 0.05) is 24.2 Å². The fourth-order valence-corrected chi connectivity index (χ4v) is 4.73. The van der Waals surface area contributed by atoms with Crippen LogP contribution in [0.25, 0.3) is 0 Å². The first-order chi connectivity index (χ1) is 17.3. The molecule has 0 atom stereocenters. The van der Waals surface area contributed by atoms with Crippen LogP contribution in [0.1, 0.15) is 47.8 Å². The normalized spacial score (nSPS) is 14.4. The number of morpholine rings is 1. The van der Waals surface area contributed by atoms with Crippen LogP contribution in [0.5, 0.6) is 5.75 Å². The van der Waals surface area contributed by atoms with Gasteiger partial charge in [-0.2, -0.15) is 9.78 Å². The molecule has 2 heterocycles. The number of ketones is 1. The minimum Gasteiger partial charge on any atom is -0.494 e. The van der Waals surface area contributed by atoms with Crippen LogP contribution in [0.4, 0.5) is 5.69 Å². The molecule has 0 spiro atoms. The lowest BCUT2D eigenvalue weighted by Gasteiger charge is -2.33. The molecule has 0 N–H and O–H groups in total. The Balaban J connectivity index is 1.55. The van der Waals surface area contributed by atoms with Gasteiger partial charge in [0.1, 0.15) is 12.1 Å². The maximum atomic E-state index is 13.4. The minimum absolute atomic E-state index is 0.0136. The highest BCUT2D eigenvalue weighted by Gasteiger charge is 2.27. The van der Waals surface area contributed by atoms with Crippen LogP contribution >= 0.6 is 11.8 Å². The lowest BCUT2D eigenvalue weighted by atomic mass is 9.84. The number of anilines is 1. The van der Waals surface area contributed by atoms with Gasteiger partial charge in [0.25, 0.3) is 0 Å². The van der Waals surface area contributed by atoms with Crippen LogP contribution in [0, 0.1) is 6.92 Å². The molecule has 1 aliphatic heterocycles. The van der Waals surface area contributed by atoms with Gasteiger partial charge >= 0.3 is 0 Å². The molecule has 0 radical (unpaired) electrons. The van der Waals surface area contributed by atoms with E-state index in [-0.39, 0.29) is 17.0 Å². The summed E-state index contributed by atoms with van der Waals surface area (Å²) < 4.78 is 13.0. The summed E-state index contributed by atoms with van der Waals surface area (Å²) in [7, 11) is 1.69. The second kappa shape index (κ2) is 11.3. The topological polar surface area (TPSA) is 81.8 Å². The lowest BCUT2D eigenvalue weighted by Crippen LogP contribution is -2.37. The fourth-order valence-electron chi connectivity index (χ4n) is 3.97. The predicted molar refractivity (Wildman–Crippen MR) is 144 cm³/mol. The third kappa shape index (κ3) is 6.14. The van der Waals surface area contributed by atoms with E-state index < -0.39 is 0 Å². The second-order valence-corrected chi connectivity index (χ2v) is 10.7. The Morgan fingerprint density at radius 2 is 1.92 bits per heavy atom. The number of aryl methyl sites for hydroxylation is 1. The maximum Gasteiger partial charge on any atom is 0.212 e. The second-order valence-electron chi connectivity index (χ2n) is 9.75. The zero-order valence-electron chi connectivity index (χ0n) is 21.5. The highest BCUT2D eigenvalue weighted by atomic mass is 32.2. The molecule has 2 aromatic carbocycles. The van der Waals surface area contributed by atoms with Crippen LogP contribution in [-0.4, -0.2) is 66.0 Å². The van der Waals surface area contributed by atoms with Crippen LogP contribution in [-0.2, 0) is 10.2 Å². The van der Waals surface area contributed by atoms with E-state index in [1.165, 1.54) is 17.3 Å². The number of hydrogen-bond acceptors (Lipinski definition) is 8. The van der Waals surface area contributed by atoms with Crippen LogP contribution < -0.4 is 9.64 Å². The Labute approximate surface area is 216 Å². The van der Waals surface area contributed by atoms with Crippen LogP contribution in [0.2, 0.25) is 0 Å². The summed E-state index contributed by atoms with van der Waals surface area (Å²) in [6.07, 6.45) is 3.29. The Kier molecular flexibility index (Phi) is 8.11. The largest absolute Gasteiger partial charge is 0.494 e. The van der Waals surface area contributed by atoms with Gasteiger partial charge in [-0.15, -0.1) is 10.2 Å². The summed E-state index contributed by atoms with van der Waals surface area (Å²) in [5.74, 6) is 1.05. The van der Waals surface area contributed by atoms with Gasteiger partial charge in [0.2, 0.25) is 5.16 Å². The zero-order valence-corrected chi connectivity index (χ0v) is 22.3. The number of hydrogen-bond donors (Lipinski definition) is 0. The summed E-state index contributed by atoms with van der Waals surface area (Å²) in [6.45, 7) is 11.3. The smallest absolute Gasteiger partial charge is 0.212 e. The summed E-state index contributed by atoms with van der Waals surface area (Å²) >= 11 is 1.32. The average molecular weight is 508 g/mol. The van der Waals surface area contributed by atoms with Crippen molar-refractivity contribution in [1.82, 2.24) is 14.9 Å². The standard InChI is InChI=1S/C27H33N5O3S/c1-19-6-8-20(9-7-19)16-29-32-18-28-30-26(32)36-17-24(33)21-14-22(27(2,3)4)25(34-5)23(15-21)31-10-12-35-13-11-31/h6-9,14-16,18H,10-13,17H2,1-5H3/b29-16+. The van der Waals surface area contributed by atoms with Gasteiger partial charge in [-0.25, -0.2) is 0 Å². The molecule has 8 nitrogen and oxygen atoms in total. The molecule has 1 aromatic heterocycles. The van der Waals surface area contributed by atoms with Crippen molar-refractivity contribution in [3.05, 3.63) is 65.0 Å². The van der Waals surface area contributed by atoms with E-state index in [2.05, 4.69) is 41.0 Å². The molecule has 0 aliphatic carbocycles. The van der Waals surface area contributed by atoms with Gasteiger partial charge < -0.3 is 14.4 Å². The molecular weight excluding hydrogens is 474 g/mol. The van der Waals surface area contributed by atoms with E-state index >= 15 is 0 Å². The summed E-state index contributed by atoms with van der Waals surface area (Å²) in [4.78, 5) is 15.6. The fraction of sp³-hybridized carbons (Fsp3) is 0.407. The number of benzene rings is 2. The number of methoxy groups -OCH3 is 1. The monoisotopic (exact) mass is 507 g/mol. The number of rotatable bonds is 8. The molecule has 0 amide bonds. The number of ether oxygens (including phenoxy) is 2. The Bertz CT molecular complexity index is 1230. The number of Topliss-reactive ketones (excluding diaryl/α,β-unsaturated/α-hetero) is 1. The summed E-state index contributed by atoms with van der Waals surface area (Å²) in [5.41, 5.74) is 4.58. The van der Waals surface area contributed by atoms with Crippen molar-refractivity contribution in [3.8, 4) is 5.75 Å². The van der Waals surface area contributed by atoms with Gasteiger partial charge in [0.05, 0.1) is 38.0 Å². The first kappa shape index (κ1) is 25.9. The van der Waals surface area contributed by atoms with E-state index in [0.29, 0.717) is 23.9 Å². The SMILES string of the molecule is COc1c(N2CCOCC2)cc(C(=O)CSc2nncn2/N=C/c2ccc(C)cc2)cc1C(C)(C)C. The van der Waals surface area contributed by atoms with Crippen LogP contribution in [0.3, 0.4) is 0 Å². The van der Waals surface area contributed by atoms with E-state index in [4.69, 9.17) is 9.47 Å². The predicted octanol–water partition coefficient (Wildman–Crippen LogP) is 4.59. The molecule has 1 aliphatic rings. The van der Waals surface area contributed by atoms with Gasteiger partial charge in [-0.3, -0.25) is 4.79 Å². The number of thioether (sulfide) groups is 1. The van der Waals surface area contributed by atoms with Crippen molar-refractivity contribution in [2.75, 3.05) is 44.1 Å². The average Bonchev–Trinajstić information content (AvgIpc) is 3.33. The van der Waals surface area contributed by atoms with Crippen molar-refractivity contribution in [3.63, 3.8) is 0 Å². The lowest BCUT2D eigenvalue weighted by molar-refractivity contribution is 0.102. The molecule has 190 valence electrons. The number of nitrogens with zero attached hydrogens (tertiary/aromatic N) is 5. The molecular formula is C27H33N5O3S. The van der Waals surface area contributed by atoms with E-state index in [0.717, 1.165) is 35.7 Å². The molecule has 1 saturated heterocycles. The highest BCUT2D eigenvalue weighted by molar-refractivity contribution is 7.99. The Hall–Kier alpha value is -3.17. The molecule has 3 aromatic rings. The quantitative estimate of drug-likeness (QED) is 0.251. The van der Waals surface area contributed by atoms with E-state index in [1.807, 2.05) is 43.3 Å². The Morgan fingerprint density at radius 3 is 2.58 bits per heavy atom. The Morgan fingerprint density at radius 1 is 1.19 bits per heavy atom. The third-order valence-electron chi connectivity index (χ3n) is 6.00. The summed E-state index contributed by atoms with van der Waals surface area (Å²) in [6, 6.07) is 12.0. The first-order valence-corrected chi connectivity index (χ1v) is 13.0. The molecule has 0 unspecified atom stereocenters. The number of carbonyl (C=O) groups excluding carboxylic acids is 1. The van der Waals surface area contributed by atoms with Crippen molar-refractivity contribution in [1.29, 1.82) is 0 Å². The van der Waals surface area contributed by atoms with Crippen molar-refractivity contribution in [2.45, 2.75) is 38.3 Å². The third-order valence-corrected chi connectivity index (χ3v) is 6.93. The minimum atomic E-state index is -0.194. The van der Waals surface area contributed by atoms with Gasteiger partial charge in [-0.1, -0.05) is 62.4 Å². The van der Waals surface area contributed by atoms with Gasteiger partial charge in [0.15, 0.2) is 5.78 Å². The summed E-state index contributed by atoms with van der Waals surface area (Å²) in [5, 5.41) is 13.1. The molecule has 9 heteroatoms. The molecule has 1 fully saturated rings. The van der Waals surface area contributed by atoms with Crippen molar-refractivity contribution < 1.29 is 14.3 Å². The molecule has 36 heavy (non-hydrogen) atoms. The number of carbonyl (C=O) groups is 1. The molecule has 4 rings (SSSR count). The van der Waals surface area contributed by atoms with E-state index in [9.17, 15) is 4.79 Å². The first-order valence-electron chi connectivity index (χ1n) is 12.0. The molecule has 0 saturated carbocycles. The molecule has 0 bridgehead atoms. The zero-order chi connectivity index (χ0) is 25.7. The number of aromatic nitrogens is 3. The van der Waals surface area contributed by atoms with Crippen molar-refractivity contribution in [2.24, 2.45) is 5.10 Å². The van der Waals surface area contributed by atoms with Gasteiger partial charge in [-0.05, 0) is 30.0 Å². The van der Waals surface area contributed by atoms with Crippen molar-refractivity contribution >= 4 is 29.4 Å².